The Morgan fingerprint density at radius 2 is 1.57 bits per heavy atom. The van der Waals surface area contributed by atoms with E-state index < -0.39 is 5.97 Å². The van der Waals surface area contributed by atoms with Gasteiger partial charge in [-0.1, -0.05) is 42.5 Å². The average molecular weight is 371 g/mol. The molecule has 3 rings (SSSR count). The molecule has 0 bridgehead atoms. The standard InChI is InChI=1S/C23H17NO4/c24-14-17-5-4-6-18(13-17)15-28-22(25)16-27-21-11-9-20(10-12-21)23(26)19-7-2-1-3-8-19/h1-13H,15-16H2. The molecule has 0 saturated heterocycles. The Kier molecular flexibility index (Phi) is 6.17. The van der Waals surface area contributed by atoms with Gasteiger partial charge in [0.05, 0.1) is 11.6 Å². The SMILES string of the molecule is N#Cc1cccc(COC(=O)COc2ccc(C(=O)c3ccccc3)cc2)c1. The van der Waals surface area contributed by atoms with Crippen molar-refractivity contribution < 1.29 is 19.1 Å². The van der Waals surface area contributed by atoms with Crippen molar-refractivity contribution in [3.8, 4) is 11.8 Å². The van der Waals surface area contributed by atoms with E-state index in [2.05, 4.69) is 0 Å². The van der Waals surface area contributed by atoms with Crippen LogP contribution >= 0.6 is 0 Å². The van der Waals surface area contributed by atoms with Crippen molar-refractivity contribution in [3.63, 3.8) is 0 Å². The molecule has 3 aromatic rings. The number of carbonyl (C=O) groups is 2. The predicted molar refractivity (Wildman–Crippen MR) is 103 cm³/mol. The maximum atomic E-state index is 12.4. The molecule has 0 aliphatic heterocycles. The summed E-state index contributed by atoms with van der Waals surface area (Å²) in [7, 11) is 0. The Hall–Kier alpha value is -3.91. The van der Waals surface area contributed by atoms with Crippen LogP contribution < -0.4 is 4.74 Å². The number of nitrogens with zero attached hydrogens (tertiary/aromatic N) is 1. The molecule has 0 heterocycles. The molecule has 0 N–H and O–H groups in total. The summed E-state index contributed by atoms with van der Waals surface area (Å²) >= 11 is 0. The van der Waals surface area contributed by atoms with E-state index in [4.69, 9.17) is 14.7 Å². The van der Waals surface area contributed by atoms with Crippen molar-refractivity contribution in [2.24, 2.45) is 0 Å². The van der Waals surface area contributed by atoms with Crippen molar-refractivity contribution in [2.75, 3.05) is 6.61 Å². The van der Waals surface area contributed by atoms with Crippen LogP contribution in [0.4, 0.5) is 0 Å². The molecule has 0 aromatic heterocycles. The fraction of sp³-hybridized carbons (Fsp3) is 0.0870. The highest BCUT2D eigenvalue weighted by Gasteiger charge is 2.09. The summed E-state index contributed by atoms with van der Waals surface area (Å²) < 4.78 is 10.5. The highest BCUT2D eigenvalue weighted by molar-refractivity contribution is 6.08. The molecular weight excluding hydrogens is 354 g/mol. The molecule has 28 heavy (non-hydrogen) atoms. The summed E-state index contributed by atoms with van der Waals surface area (Å²) in [6.07, 6.45) is 0. The lowest BCUT2D eigenvalue weighted by Gasteiger charge is -2.08. The third kappa shape index (κ3) is 5.05. The van der Waals surface area contributed by atoms with Crippen molar-refractivity contribution in [1.82, 2.24) is 0 Å². The van der Waals surface area contributed by atoms with Crippen molar-refractivity contribution in [3.05, 3.63) is 101 Å². The van der Waals surface area contributed by atoms with E-state index in [1.54, 1.807) is 60.7 Å². The minimum absolute atomic E-state index is 0.0717. The van der Waals surface area contributed by atoms with Crippen LogP contribution in [0, 0.1) is 11.3 Å². The molecule has 5 heteroatoms. The van der Waals surface area contributed by atoms with Gasteiger partial charge < -0.3 is 9.47 Å². The van der Waals surface area contributed by atoms with Gasteiger partial charge in [0.1, 0.15) is 12.4 Å². The molecule has 0 aliphatic carbocycles. The molecule has 5 nitrogen and oxygen atoms in total. The topological polar surface area (TPSA) is 76.4 Å². The summed E-state index contributed by atoms with van der Waals surface area (Å²) in [5.41, 5.74) is 2.39. The number of benzene rings is 3. The second-order valence-electron chi connectivity index (χ2n) is 5.98. The highest BCUT2D eigenvalue weighted by Crippen LogP contribution is 2.15. The lowest BCUT2D eigenvalue weighted by molar-refractivity contribution is -0.147. The van der Waals surface area contributed by atoms with E-state index in [-0.39, 0.29) is 19.0 Å². The molecular formula is C23H17NO4. The second-order valence-corrected chi connectivity index (χ2v) is 5.98. The second kappa shape index (κ2) is 9.15. The van der Waals surface area contributed by atoms with Gasteiger partial charge in [-0.2, -0.15) is 5.26 Å². The number of ether oxygens (including phenoxy) is 2. The number of hydrogen-bond acceptors (Lipinski definition) is 5. The summed E-state index contributed by atoms with van der Waals surface area (Å²) in [5, 5.41) is 8.87. The number of esters is 1. The maximum Gasteiger partial charge on any atom is 0.344 e. The first-order valence-corrected chi connectivity index (χ1v) is 8.63. The number of rotatable bonds is 7. The van der Waals surface area contributed by atoms with E-state index >= 15 is 0 Å². The smallest absolute Gasteiger partial charge is 0.344 e. The minimum Gasteiger partial charge on any atom is -0.482 e. The van der Waals surface area contributed by atoms with Crippen LogP contribution in [0.5, 0.6) is 5.75 Å². The Morgan fingerprint density at radius 1 is 0.857 bits per heavy atom. The van der Waals surface area contributed by atoms with Crippen LogP contribution in [-0.2, 0) is 16.1 Å². The summed E-state index contributed by atoms with van der Waals surface area (Å²) in [6.45, 7) is -0.174. The van der Waals surface area contributed by atoms with Crippen LogP contribution in [0.3, 0.4) is 0 Å². The first kappa shape index (κ1) is 18.9. The van der Waals surface area contributed by atoms with E-state index in [0.717, 1.165) is 5.56 Å². The number of ketones is 1. The molecule has 0 radical (unpaired) electrons. The van der Waals surface area contributed by atoms with E-state index in [1.165, 1.54) is 0 Å². The normalized spacial score (nSPS) is 9.96. The van der Waals surface area contributed by atoms with Crippen LogP contribution in [-0.4, -0.2) is 18.4 Å². The summed E-state index contributed by atoms with van der Waals surface area (Å²) in [4.78, 5) is 24.2. The highest BCUT2D eigenvalue weighted by atomic mass is 16.6. The van der Waals surface area contributed by atoms with Gasteiger partial charge in [-0.25, -0.2) is 4.79 Å². The van der Waals surface area contributed by atoms with Gasteiger partial charge in [0, 0.05) is 11.1 Å². The Bertz CT molecular complexity index is 1000. The van der Waals surface area contributed by atoms with Gasteiger partial charge in [0.25, 0.3) is 0 Å². The number of nitriles is 1. The fourth-order valence-corrected chi connectivity index (χ4v) is 2.54. The fourth-order valence-electron chi connectivity index (χ4n) is 2.54. The zero-order valence-corrected chi connectivity index (χ0v) is 15.0. The van der Waals surface area contributed by atoms with Crippen LogP contribution in [0.1, 0.15) is 27.0 Å². The molecule has 0 spiro atoms. The Balaban J connectivity index is 1.50. The number of hydrogen-bond donors (Lipinski definition) is 0. The third-order valence-electron chi connectivity index (χ3n) is 3.97. The predicted octanol–water partition coefficient (Wildman–Crippen LogP) is 3.91. The van der Waals surface area contributed by atoms with Crippen molar-refractivity contribution in [2.45, 2.75) is 6.61 Å². The van der Waals surface area contributed by atoms with Gasteiger partial charge in [0.15, 0.2) is 12.4 Å². The minimum atomic E-state index is -0.521. The van der Waals surface area contributed by atoms with Gasteiger partial charge in [-0.3, -0.25) is 4.79 Å². The Morgan fingerprint density at radius 3 is 2.29 bits per heavy atom. The van der Waals surface area contributed by atoms with Gasteiger partial charge in [-0.15, -0.1) is 0 Å². The number of carbonyl (C=O) groups excluding carboxylic acids is 2. The summed E-state index contributed by atoms with van der Waals surface area (Å²) in [5.74, 6) is -0.133. The molecule has 0 amide bonds. The lowest BCUT2D eigenvalue weighted by atomic mass is 10.0. The molecule has 0 atom stereocenters. The zero-order chi connectivity index (χ0) is 19.8. The first-order chi connectivity index (χ1) is 13.7. The molecule has 138 valence electrons. The summed E-state index contributed by atoms with van der Waals surface area (Å²) in [6, 6.07) is 24.5. The first-order valence-electron chi connectivity index (χ1n) is 8.63. The molecule has 0 fully saturated rings. The molecule has 0 saturated carbocycles. The van der Waals surface area contributed by atoms with Crippen LogP contribution in [0.15, 0.2) is 78.9 Å². The zero-order valence-electron chi connectivity index (χ0n) is 15.0. The molecule has 3 aromatic carbocycles. The van der Waals surface area contributed by atoms with Crippen LogP contribution in [0.2, 0.25) is 0 Å². The van der Waals surface area contributed by atoms with Crippen molar-refractivity contribution in [1.29, 1.82) is 5.26 Å². The lowest BCUT2D eigenvalue weighted by Crippen LogP contribution is -2.14. The molecule has 0 aliphatic rings. The van der Waals surface area contributed by atoms with E-state index in [1.807, 2.05) is 24.3 Å². The largest absolute Gasteiger partial charge is 0.482 e. The maximum absolute atomic E-state index is 12.4. The Labute approximate surface area is 162 Å². The van der Waals surface area contributed by atoms with E-state index in [0.29, 0.717) is 22.4 Å². The quantitative estimate of drug-likeness (QED) is 0.465. The third-order valence-corrected chi connectivity index (χ3v) is 3.97. The van der Waals surface area contributed by atoms with Crippen LogP contribution in [0.25, 0.3) is 0 Å². The van der Waals surface area contributed by atoms with Gasteiger partial charge in [0.2, 0.25) is 0 Å². The average Bonchev–Trinajstić information content (AvgIpc) is 2.77. The van der Waals surface area contributed by atoms with Gasteiger partial charge in [-0.05, 0) is 42.0 Å². The molecule has 0 unspecified atom stereocenters. The van der Waals surface area contributed by atoms with Gasteiger partial charge >= 0.3 is 5.97 Å². The monoisotopic (exact) mass is 371 g/mol. The van der Waals surface area contributed by atoms with Crippen molar-refractivity contribution >= 4 is 11.8 Å². The van der Waals surface area contributed by atoms with E-state index in [9.17, 15) is 9.59 Å².